The van der Waals surface area contributed by atoms with E-state index >= 15 is 0 Å². The Hall–Kier alpha value is -1.39. The van der Waals surface area contributed by atoms with Gasteiger partial charge in [-0.2, -0.15) is 0 Å². The summed E-state index contributed by atoms with van der Waals surface area (Å²) < 4.78 is 5.46. The van der Waals surface area contributed by atoms with Crippen LogP contribution >= 0.6 is 0 Å². The minimum Gasteiger partial charge on any atom is -0.381 e. The summed E-state index contributed by atoms with van der Waals surface area (Å²) in [4.78, 5) is 12.0. The fourth-order valence-electron chi connectivity index (χ4n) is 2.26. The molecule has 1 amide bonds. The molecule has 2 N–H and O–H groups in total. The molecular formula is C16H24N2O2. The third-order valence-corrected chi connectivity index (χ3v) is 3.49. The molecule has 0 saturated heterocycles. The molecule has 0 bridgehead atoms. The second kappa shape index (κ2) is 8.02. The maximum Gasteiger partial charge on any atom is 0.251 e. The SMILES string of the molecule is CCCCOCCCNC(=O)c1ccc2c(c1)CNC2. The van der Waals surface area contributed by atoms with Crippen LogP contribution in [-0.4, -0.2) is 25.7 Å². The highest BCUT2D eigenvalue weighted by molar-refractivity contribution is 5.94. The molecule has 20 heavy (non-hydrogen) atoms. The van der Waals surface area contributed by atoms with E-state index in [1.54, 1.807) is 0 Å². The number of hydrogen-bond donors (Lipinski definition) is 2. The Morgan fingerprint density at radius 1 is 1.25 bits per heavy atom. The predicted octanol–water partition coefficient (Wildman–Crippen LogP) is 2.23. The molecule has 1 aliphatic heterocycles. The van der Waals surface area contributed by atoms with Crippen LogP contribution in [0, 0.1) is 0 Å². The van der Waals surface area contributed by atoms with Gasteiger partial charge in [0.2, 0.25) is 0 Å². The van der Waals surface area contributed by atoms with Crippen LogP contribution in [-0.2, 0) is 17.8 Å². The molecule has 0 spiro atoms. The maximum absolute atomic E-state index is 12.0. The highest BCUT2D eigenvalue weighted by Gasteiger charge is 2.12. The van der Waals surface area contributed by atoms with Gasteiger partial charge in [-0.05, 0) is 36.1 Å². The van der Waals surface area contributed by atoms with Crippen LogP contribution in [0.2, 0.25) is 0 Å². The lowest BCUT2D eigenvalue weighted by molar-refractivity contribution is 0.0940. The predicted molar refractivity (Wildman–Crippen MR) is 79.7 cm³/mol. The molecule has 2 rings (SSSR count). The summed E-state index contributed by atoms with van der Waals surface area (Å²) in [6.07, 6.45) is 3.13. The Bertz CT molecular complexity index is 446. The van der Waals surface area contributed by atoms with E-state index in [1.165, 1.54) is 11.1 Å². The monoisotopic (exact) mass is 276 g/mol. The fourth-order valence-corrected chi connectivity index (χ4v) is 2.26. The van der Waals surface area contributed by atoms with Gasteiger partial charge >= 0.3 is 0 Å². The average molecular weight is 276 g/mol. The topological polar surface area (TPSA) is 50.4 Å². The highest BCUT2D eigenvalue weighted by atomic mass is 16.5. The van der Waals surface area contributed by atoms with Gasteiger partial charge in [0.15, 0.2) is 0 Å². The summed E-state index contributed by atoms with van der Waals surface area (Å²) in [5.74, 6) is 0.00765. The Morgan fingerprint density at radius 3 is 2.90 bits per heavy atom. The van der Waals surface area contributed by atoms with Crippen molar-refractivity contribution in [2.45, 2.75) is 39.3 Å². The average Bonchev–Trinajstić information content (AvgIpc) is 2.93. The second-order valence-electron chi connectivity index (χ2n) is 5.16. The number of benzene rings is 1. The van der Waals surface area contributed by atoms with Gasteiger partial charge in [-0.3, -0.25) is 4.79 Å². The van der Waals surface area contributed by atoms with Crippen LogP contribution in [0.25, 0.3) is 0 Å². The quantitative estimate of drug-likeness (QED) is 0.716. The van der Waals surface area contributed by atoms with Gasteiger partial charge < -0.3 is 15.4 Å². The van der Waals surface area contributed by atoms with E-state index in [1.807, 2.05) is 18.2 Å². The fraction of sp³-hybridized carbons (Fsp3) is 0.562. The number of hydrogen-bond acceptors (Lipinski definition) is 3. The molecule has 4 heteroatoms. The van der Waals surface area contributed by atoms with E-state index in [0.29, 0.717) is 13.2 Å². The van der Waals surface area contributed by atoms with Crippen LogP contribution in [0.5, 0.6) is 0 Å². The molecule has 1 aromatic carbocycles. The Labute approximate surface area is 120 Å². The maximum atomic E-state index is 12.0. The number of amides is 1. The first kappa shape index (κ1) is 15.0. The number of carbonyl (C=O) groups excluding carboxylic acids is 1. The first-order valence-electron chi connectivity index (χ1n) is 7.49. The Kier molecular flexibility index (Phi) is 6.02. The lowest BCUT2D eigenvalue weighted by atomic mass is 10.1. The van der Waals surface area contributed by atoms with Crippen LogP contribution in [0.1, 0.15) is 47.7 Å². The molecule has 0 unspecified atom stereocenters. The lowest BCUT2D eigenvalue weighted by Gasteiger charge is -2.07. The highest BCUT2D eigenvalue weighted by Crippen LogP contribution is 2.16. The number of nitrogens with one attached hydrogen (secondary N) is 2. The van der Waals surface area contributed by atoms with Crippen molar-refractivity contribution in [3.8, 4) is 0 Å². The molecular weight excluding hydrogens is 252 g/mol. The van der Waals surface area contributed by atoms with Gasteiger partial charge in [0, 0.05) is 38.4 Å². The number of rotatable bonds is 8. The van der Waals surface area contributed by atoms with Crippen LogP contribution in [0.3, 0.4) is 0 Å². The number of fused-ring (bicyclic) bond motifs is 1. The van der Waals surface area contributed by atoms with Crippen LogP contribution < -0.4 is 10.6 Å². The van der Waals surface area contributed by atoms with E-state index in [0.717, 1.165) is 44.5 Å². The summed E-state index contributed by atoms with van der Waals surface area (Å²) in [7, 11) is 0. The van der Waals surface area contributed by atoms with Crippen molar-refractivity contribution in [2.24, 2.45) is 0 Å². The van der Waals surface area contributed by atoms with Gasteiger partial charge in [0.05, 0.1) is 0 Å². The largest absolute Gasteiger partial charge is 0.381 e. The molecule has 1 aromatic rings. The number of ether oxygens (including phenoxy) is 1. The zero-order valence-corrected chi connectivity index (χ0v) is 12.2. The summed E-state index contributed by atoms with van der Waals surface area (Å²) in [5, 5.41) is 6.22. The molecule has 0 atom stereocenters. The number of carbonyl (C=O) groups is 1. The molecule has 1 aliphatic rings. The Morgan fingerprint density at radius 2 is 2.05 bits per heavy atom. The molecule has 4 nitrogen and oxygen atoms in total. The lowest BCUT2D eigenvalue weighted by Crippen LogP contribution is -2.25. The van der Waals surface area contributed by atoms with Crippen molar-refractivity contribution in [3.05, 3.63) is 34.9 Å². The van der Waals surface area contributed by atoms with Gasteiger partial charge in [-0.25, -0.2) is 0 Å². The molecule has 0 fully saturated rings. The summed E-state index contributed by atoms with van der Waals surface area (Å²) >= 11 is 0. The van der Waals surface area contributed by atoms with Gasteiger partial charge in [-0.15, -0.1) is 0 Å². The van der Waals surface area contributed by atoms with Crippen LogP contribution in [0.4, 0.5) is 0 Å². The first-order valence-corrected chi connectivity index (χ1v) is 7.49. The van der Waals surface area contributed by atoms with Crippen molar-refractivity contribution in [2.75, 3.05) is 19.8 Å². The summed E-state index contributed by atoms with van der Waals surface area (Å²) in [6.45, 7) is 6.13. The molecule has 0 saturated carbocycles. The second-order valence-corrected chi connectivity index (χ2v) is 5.16. The molecule has 0 radical (unpaired) electrons. The van der Waals surface area contributed by atoms with Gasteiger partial charge in [0.25, 0.3) is 5.91 Å². The van der Waals surface area contributed by atoms with Crippen molar-refractivity contribution < 1.29 is 9.53 Å². The van der Waals surface area contributed by atoms with Crippen molar-refractivity contribution in [1.29, 1.82) is 0 Å². The summed E-state index contributed by atoms with van der Waals surface area (Å²) in [6, 6.07) is 5.93. The van der Waals surface area contributed by atoms with Crippen molar-refractivity contribution in [1.82, 2.24) is 10.6 Å². The standard InChI is InChI=1S/C16H24N2O2/c1-2-3-8-20-9-4-7-18-16(19)13-5-6-14-11-17-12-15(14)10-13/h5-6,10,17H,2-4,7-9,11-12H2,1H3,(H,18,19). The van der Waals surface area contributed by atoms with E-state index in [-0.39, 0.29) is 5.91 Å². The zero-order chi connectivity index (χ0) is 14.2. The minimum atomic E-state index is 0.00765. The molecule has 110 valence electrons. The zero-order valence-electron chi connectivity index (χ0n) is 12.2. The third-order valence-electron chi connectivity index (χ3n) is 3.49. The molecule has 1 heterocycles. The molecule has 0 aromatic heterocycles. The van der Waals surface area contributed by atoms with E-state index in [4.69, 9.17) is 4.74 Å². The van der Waals surface area contributed by atoms with Crippen LogP contribution in [0.15, 0.2) is 18.2 Å². The number of unbranched alkanes of at least 4 members (excludes halogenated alkanes) is 1. The minimum absolute atomic E-state index is 0.00765. The summed E-state index contributed by atoms with van der Waals surface area (Å²) in [5.41, 5.74) is 3.28. The van der Waals surface area contributed by atoms with E-state index in [9.17, 15) is 4.79 Å². The normalized spacial score (nSPS) is 13.2. The third kappa shape index (κ3) is 4.32. The first-order chi connectivity index (χ1) is 9.81. The van der Waals surface area contributed by atoms with E-state index in [2.05, 4.69) is 17.6 Å². The molecule has 0 aliphatic carbocycles. The van der Waals surface area contributed by atoms with E-state index < -0.39 is 0 Å². The Balaban J connectivity index is 1.67. The van der Waals surface area contributed by atoms with Gasteiger partial charge in [-0.1, -0.05) is 19.4 Å². The smallest absolute Gasteiger partial charge is 0.251 e. The van der Waals surface area contributed by atoms with Crippen molar-refractivity contribution >= 4 is 5.91 Å². The van der Waals surface area contributed by atoms with Gasteiger partial charge in [0.1, 0.15) is 0 Å². The van der Waals surface area contributed by atoms with Crippen molar-refractivity contribution in [3.63, 3.8) is 0 Å².